The van der Waals surface area contributed by atoms with E-state index < -0.39 is 17.3 Å². The second-order valence-electron chi connectivity index (χ2n) is 7.26. The molecule has 1 aliphatic carbocycles. The predicted molar refractivity (Wildman–Crippen MR) is 125 cm³/mol. The van der Waals surface area contributed by atoms with Gasteiger partial charge in [0.15, 0.2) is 0 Å². The van der Waals surface area contributed by atoms with Gasteiger partial charge in [0.25, 0.3) is 0 Å². The highest BCUT2D eigenvalue weighted by Crippen LogP contribution is 2.42. The van der Waals surface area contributed by atoms with Crippen molar-refractivity contribution in [3.8, 4) is 6.07 Å². The third kappa shape index (κ3) is 4.61. The second kappa shape index (κ2) is 9.63. The lowest BCUT2D eigenvalue weighted by Crippen LogP contribution is -2.40. The fourth-order valence-corrected chi connectivity index (χ4v) is 4.44. The Kier molecular flexibility index (Phi) is 7.84. The van der Waals surface area contributed by atoms with Crippen molar-refractivity contribution in [1.82, 2.24) is 0 Å². The van der Waals surface area contributed by atoms with Crippen LogP contribution in [0.5, 0.6) is 0 Å². The number of halogens is 4. The second-order valence-corrected chi connectivity index (χ2v) is 7.69. The molecule has 31 heavy (non-hydrogen) atoms. The van der Waals surface area contributed by atoms with Gasteiger partial charge in [0.1, 0.15) is 0 Å². The van der Waals surface area contributed by atoms with Gasteiger partial charge in [-0.15, -0.1) is 0 Å². The summed E-state index contributed by atoms with van der Waals surface area (Å²) >= 11 is 5.96. The minimum Gasteiger partial charge on any atom is -0.289 e. The summed E-state index contributed by atoms with van der Waals surface area (Å²) in [7, 11) is 0. The molecule has 2 aromatic carbocycles. The van der Waals surface area contributed by atoms with Gasteiger partial charge in [-0.3, -0.25) is 9.80 Å². The lowest BCUT2D eigenvalue weighted by molar-refractivity contribution is -0.137. The number of carbonyl (C=O) groups is 1. The molecule has 0 radical (unpaired) electrons. The van der Waals surface area contributed by atoms with Crippen LogP contribution in [-0.4, -0.2) is 18.1 Å². The van der Waals surface area contributed by atoms with Gasteiger partial charge in [0.05, 0.1) is 29.3 Å². The lowest BCUT2D eigenvalue weighted by atomic mass is 9.89. The fourth-order valence-electron chi connectivity index (χ4n) is 4.31. The van der Waals surface area contributed by atoms with Crippen LogP contribution in [0.2, 0.25) is 5.02 Å². The zero-order chi connectivity index (χ0) is 20.8. The van der Waals surface area contributed by atoms with Gasteiger partial charge >= 0.3 is 12.2 Å². The van der Waals surface area contributed by atoms with E-state index >= 15 is 0 Å². The van der Waals surface area contributed by atoms with Crippen molar-refractivity contribution in [1.29, 1.82) is 5.26 Å². The van der Waals surface area contributed by atoms with E-state index in [2.05, 4.69) is 0 Å². The molecule has 1 aliphatic heterocycles. The van der Waals surface area contributed by atoms with Crippen molar-refractivity contribution in [2.24, 2.45) is 0 Å². The fraction of sp³-hybridized carbons (Fsp3) is 0.333. The highest BCUT2D eigenvalue weighted by Gasteiger charge is 2.48. The summed E-state index contributed by atoms with van der Waals surface area (Å²) in [5.74, 6) is 0. The maximum atomic E-state index is 13.4. The Morgan fingerprint density at radius 1 is 0.935 bits per heavy atom. The third-order valence-corrected chi connectivity index (χ3v) is 5.83. The Labute approximate surface area is 197 Å². The molecule has 2 aliphatic rings. The third-order valence-electron chi connectivity index (χ3n) is 5.58. The van der Waals surface area contributed by atoms with Gasteiger partial charge in [-0.2, -0.15) is 45.4 Å². The molecule has 166 valence electrons. The molecule has 0 aromatic heterocycles. The molecule has 0 unspecified atom stereocenters. The monoisotopic (exact) mass is 487 g/mol. The first-order valence-corrected chi connectivity index (χ1v) is 9.68. The summed E-state index contributed by atoms with van der Waals surface area (Å²) < 4.78 is 40.3. The van der Waals surface area contributed by atoms with Crippen molar-refractivity contribution in [3.05, 3.63) is 58.6 Å². The average Bonchev–Trinajstić information content (AvgIpc) is 2.99. The molecule has 2 fully saturated rings. The van der Waals surface area contributed by atoms with Crippen molar-refractivity contribution in [3.63, 3.8) is 0 Å². The Balaban J connectivity index is 0.00000171. The lowest BCUT2D eigenvalue weighted by Gasteiger charge is -2.32. The van der Waals surface area contributed by atoms with E-state index in [4.69, 9.17) is 16.9 Å². The van der Waals surface area contributed by atoms with Crippen molar-refractivity contribution in [2.45, 2.75) is 43.9 Å². The number of nitrogens with zero attached hydrogens (tertiary/aromatic N) is 3. The smallest absolute Gasteiger partial charge is 0.289 e. The molecule has 2 amide bonds. The van der Waals surface area contributed by atoms with Gasteiger partial charge in [-0.1, -0.05) is 24.4 Å². The van der Waals surface area contributed by atoms with Crippen molar-refractivity contribution in [2.75, 3.05) is 9.80 Å². The molecule has 1 saturated heterocycles. The molecule has 0 spiro atoms. The highest BCUT2D eigenvalue weighted by molar-refractivity contribution is 7.59. The predicted octanol–water partition coefficient (Wildman–Crippen LogP) is 6.21. The molecule has 10 heteroatoms. The molecule has 0 N–H and O–H groups in total. The Hall–Kier alpha value is -2.02. The maximum Gasteiger partial charge on any atom is 0.417 e. The van der Waals surface area contributed by atoms with Gasteiger partial charge in [0, 0.05) is 16.4 Å². The van der Waals surface area contributed by atoms with E-state index in [9.17, 15) is 18.0 Å². The summed E-state index contributed by atoms with van der Waals surface area (Å²) in [4.78, 5) is 16.5. The first-order valence-electron chi connectivity index (χ1n) is 9.30. The van der Waals surface area contributed by atoms with E-state index in [1.54, 1.807) is 35.2 Å². The number of hydrogen-bond donors (Lipinski definition) is 0. The van der Waals surface area contributed by atoms with Crippen LogP contribution in [0.1, 0.15) is 36.8 Å². The van der Waals surface area contributed by atoms with Crippen LogP contribution < -0.4 is 9.80 Å². The summed E-state index contributed by atoms with van der Waals surface area (Å²) in [5.41, 5.74) is -0.650. The van der Waals surface area contributed by atoms with E-state index in [-0.39, 0.29) is 50.8 Å². The van der Waals surface area contributed by atoms with Crippen LogP contribution in [-0.2, 0) is 6.18 Å². The largest absolute Gasteiger partial charge is 0.417 e. The SMILES string of the molecule is N#Cc1ccc(N2C(=O)N(c3ccc(Cl)cc3)[C@H]3CCCC[C@@H]32)cc1C(F)(F)F.S.S. The van der Waals surface area contributed by atoms with Crippen molar-refractivity contribution < 1.29 is 18.0 Å². The molecule has 2 aromatic rings. The number of hydrogen-bond acceptors (Lipinski definition) is 2. The van der Waals surface area contributed by atoms with Gasteiger partial charge in [-0.25, -0.2) is 4.79 Å². The molecular formula is C21H21ClF3N3OS2. The number of urea groups is 1. The number of amides is 2. The Morgan fingerprint density at radius 2 is 1.45 bits per heavy atom. The first-order chi connectivity index (χ1) is 13.8. The minimum absolute atomic E-state index is 0. The van der Waals surface area contributed by atoms with E-state index in [1.807, 2.05) is 0 Å². The molecule has 4 rings (SSSR count). The number of nitriles is 1. The van der Waals surface area contributed by atoms with Crippen LogP contribution in [0.4, 0.5) is 29.3 Å². The number of alkyl halides is 3. The first kappa shape index (κ1) is 25.2. The topological polar surface area (TPSA) is 47.3 Å². The number of rotatable bonds is 2. The molecule has 2 atom stereocenters. The normalized spacial score (nSPS) is 20.4. The summed E-state index contributed by atoms with van der Waals surface area (Å²) in [6.45, 7) is 0. The Bertz CT molecular complexity index is 995. The van der Waals surface area contributed by atoms with E-state index in [1.165, 1.54) is 11.0 Å². The van der Waals surface area contributed by atoms with Gasteiger partial charge in [-0.05, 0) is 55.3 Å². The number of carbonyl (C=O) groups excluding carboxylic acids is 1. The summed E-state index contributed by atoms with van der Waals surface area (Å²) in [6.07, 6.45) is -1.33. The quantitative estimate of drug-likeness (QED) is 0.505. The van der Waals surface area contributed by atoms with E-state index in [0.29, 0.717) is 17.1 Å². The molecule has 1 heterocycles. The summed E-state index contributed by atoms with van der Waals surface area (Å²) in [5, 5.41) is 9.58. The number of fused-ring (bicyclic) bond motifs is 1. The van der Waals surface area contributed by atoms with Gasteiger partial charge < -0.3 is 0 Å². The van der Waals surface area contributed by atoms with Gasteiger partial charge in [0.2, 0.25) is 0 Å². The highest BCUT2D eigenvalue weighted by atomic mass is 35.5. The standard InChI is InChI=1S/C21H17ClF3N3O.2H2S/c22-14-6-9-15(10-7-14)27-18-3-1-2-4-19(18)28(20(27)29)16-8-5-13(12-26)17(11-16)21(23,24)25;;/h5-11,18-19H,1-4H2;2*1H2/t18-,19-;;/m0../s1. The van der Waals surface area contributed by atoms with Crippen LogP contribution in [0.3, 0.4) is 0 Å². The van der Waals surface area contributed by atoms with Crippen LogP contribution in [0, 0.1) is 11.3 Å². The van der Waals surface area contributed by atoms with E-state index in [0.717, 1.165) is 31.4 Å². The van der Waals surface area contributed by atoms with Crippen LogP contribution in [0.25, 0.3) is 0 Å². The molecule has 4 nitrogen and oxygen atoms in total. The van der Waals surface area contributed by atoms with Crippen molar-refractivity contribution >= 4 is 56.0 Å². The zero-order valence-electron chi connectivity index (χ0n) is 16.3. The Morgan fingerprint density at radius 3 is 1.97 bits per heavy atom. The minimum atomic E-state index is -4.67. The average molecular weight is 488 g/mol. The number of benzene rings is 2. The number of anilines is 2. The summed E-state index contributed by atoms with van der Waals surface area (Å²) in [6, 6.07) is 11.2. The zero-order valence-corrected chi connectivity index (χ0v) is 19.0. The molecular weight excluding hydrogens is 467 g/mol. The molecule has 0 bridgehead atoms. The van der Waals surface area contributed by atoms with Crippen LogP contribution >= 0.6 is 38.6 Å². The van der Waals surface area contributed by atoms with Crippen LogP contribution in [0.15, 0.2) is 42.5 Å². The maximum absolute atomic E-state index is 13.4. The molecule has 1 saturated carbocycles.